The van der Waals surface area contributed by atoms with Crippen LogP contribution >= 0.6 is 11.6 Å². The monoisotopic (exact) mass is 410 g/mol. The van der Waals surface area contributed by atoms with Crippen molar-refractivity contribution in [1.29, 1.82) is 0 Å². The van der Waals surface area contributed by atoms with Crippen molar-refractivity contribution in [1.82, 2.24) is 4.98 Å². The minimum atomic E-state index is -4.47. The molecule has 2 heterocycles. The third kappa shape index (κ3) is 4.46. The van der Waals surface area contributed by atoms with Crippen LogP contribution in [-0.2, 0) is 6.18 Å². The standard InChI is InChI=1S/C17H10ClF3N4O3/c18-11-2-4-13(14(7-11)25(26)27)15-5-3-12(28-15)9-23-24-16-6-1-10(8-22-16)17(19,20)21/h1-9H,(H,22,24)/b23-9-. The summed E-state index contributed by atoms with van der Waals surface area (Å²) >= 11 is 5.78. The fourth-order valence-corrected chi connectivity index (χ4v) is 2.39. The van der Waals surface area contributed by atoms with Crippen LogP contribution in [0, 0.1) is 10.1 Å². The molecule has 0 bridgehead atoms. The van der Waals surface area contributed by atoms with Gasteiger partial charge < -0.3 is 4.42 Å². The molecular formula is C17H10ClF3N4O3. The fourth-order valence-electron chi connectivity index (χ4n) is 2.22. The normalized spacial score (nSPS) is 11.7. The van der Waals surface area contributed by atoms with Gasteiger partial charge in [-0.1, -0.05) is 11.6 Å². The summed E-state index contributed by atoms with van der Waals surface area (Å²) in [6.45, 7) is 0. The minimum absolute atomic E-state index is 0.101. The Morgan fingerprint density at radius 2 is 2.00 bits per heavy atom. The highest BCUT2D eigenvalue weighted by Crippen LogP contribution is 2.33. The summed E-state index contributed by atoms with van der Waals surface area (Å²) in [5.41, 5.74) is 1.62. The molecule has 0 aliphatic carbocycles. The number of benzene rings is 1. The van der Waals surface area contributed by atoms with Crippen molar-refractivity contribution < 1.29 is 22.5 Å². The molecule has 0 aliphatic rings. The molecule has 0 fully saturated rings. The number of hydrazone groups is 1. The number of hydrogen-bond acceptors (Lipinski definition) is 6. The number of halogens is 4. The quantitative estimate of drug-likeness (QED) is 0.347. The molecule has 0 spiro atoms. The number of nitro benzene ring substituents is 1. The van der Waals surface area contributed by atoms with E-state index in [1.54, 1.807) is 0 Å². The molecular weight excluding hydrogens is 401 g/mol. The number of aromatic nitrogens is 1. The van der Waals surface area contributed by atoms with E-state index in [0.717, 1.165) is 12.1 Å². The predicted molar refractivity (Wildman–Crippen MR) is 96.3 cm³/mol. The van der Waals surface area contributed by atoms with Crippen LogP contribution in [0.3, 0.4) is 0 Å². The van der Waals surface area contributed by atoms with Gasteiger partial charge in [-0.3, -0.25) is 15.5 Å². The van der Waals surface area contributed by atoms with Crippen molar-refractivity contribution >= 4 is 29.3 Å². The molecule has 0 atom stereocenters. The second kappa shape index (κ2) is 7.69. The maximum atomic E-state index is 12.5. The van der Waals surface area contributed by atoms with Gasteiger partial charge in [0, 0.05) is 17.3 Å². The summed E-state index contributed by atoms with van der Waals surface area (Å²) in [5, 5.41) is 15.2. The molecule has 0 saturated heterocycles. The molecule has 7 nitrogen and oxygen atoms in total. The highest BCUT2D eigenvalue weighted by molar-refractivity contribution is 6.30. The van der Waals surface area contributed by atoms with Crippen LogP contribution in [0.25, 0.3) is 11.3 Å². The zero-order chi connectivity index (χ0) is 20.3. The zero-order valence-electron chi connectivity index (χ0n) is 13.8. The largest absolute Gasteiger partial charge is 0.455 e. The maximum absolute atomic E-state index is 12.5. The molecule has 0 unspecified atom stereocenters. The van der Waals surface area contributed by atoms with E-state index < -0.39 is 16.7 Å². The Kier molecular flexibility index (Phi) is 5.32. The minimum Gasteiger partial charge on any atom is -0.455 e. The smallest absolute Gasteiger partial charge is 0.417 e. The van der Waals surface area contributed by atoms with Crippen molar-refractivity contribution in [2.24, 2.45) is 5.10 Å². The van der Waals surface area contributed by atoms with Crippen molar-refractivity contribution in [2.75, 3.05) is 5.43 Å². The van der Waals surface area contributed by atoms with E-state index in [0.29, 0.717) is 6.20 Å². The summed E-state index contributed by atoms with van der Waals surface area (Å²) in [5.74, 6) is 0.598. The molecule has 28 heavy (non-hydrogen) atoms. The van der Waals surface area contributed by atoms with Crippen LogP contribution in [0.4, 0.5) is 24.7 Å². The van der Waals surface area contributed by atoms with Crippen LogP contribution in [0.5, 0.6) is 0 Å². The lowest BCUT2D eigenvalue weighted by Gasteiger charge is -2.06. The Morgan fingerprint density at radius 3 is 2.64 bits per heavy atom. The van der Waals surface area contributed by atoms with Crippen LogP contribution in [0.1, 0.15) is 11.3 Å². The highest BCUT2D eigenvalue weighted by atomic mass is 35.5. The first-order valence-corrected chi connectivity index (χ1v) is 7.98. The zero-order valence-corrected chi connectivity index (χ0v) is 14.5. The van der Waals surface area contributed by atoms with Gasteiger partial charge in [-0.15, -0.1) is 0 Å². The number of rotatable bonds is 5. The van der Waals surface area contributed by atoms with E-state index in [9.17, 15) is 23.3 Å². The lowest BCUT2D eigenvalue weighted by atomic mass is 10.1. The number of alkyl halides is 3. The number of hydrogen-bond donors (Lipinski definition) is 1. The van der Waals surface area contributed by atoms with Gasteiger partial charge >= 0.3 is 6.18 Å². The maximum Gasteiger partial charge on any atom is 0.417 e. The van der Waals surface area contributed by atoms with Gasteiger partial charge in [0.15, 0.2) is 0 Å². The first-order valence-electron chi connectivity index (χ1n) is 7.60. The second-order valence-corrected chi connectivity index (χ2v) is 5.86. The number of furan rings is 1. The van der Waals surface area contributed by atoms with Gasteiger partial charge in [-0.25, -0.2) is 4.98 Å². The average molecular weight is 411 g/mol. The van der Waals surface area contributed by atoms with Crippen LogP contribution in [0.15, 0.2) is 58.2 Å². The summed E-state index contributed by atoms with van der Waals surface area (Å²) in [4.78, 5) is 14.2. The molecule has 1 aromatic carbocycles. The second-order valence-electron chi connectivity index (χ2n) is 5.42. The number of anilines is 1. The lowest BCUT2D eigenvalue weighted by molar-refractivity contribution is -0.384. The SMILES string of the molecule is O=[N+]([O-])c1cc(Cl)ccc1-c1ccc(/C=N\Nc2ccc(C(F)(F)F)cn2)o1. The Morgan fingerprint density at radius 1 is 1.21 bits per heavy atom. The first-order chi connectivity index (χ1) is 13.2. The van der Waals surface area contributed by atoms with E-state index in [-0.39, 0.29) is 33.6 Å². The lowest BCUT2D eigenvalue weighted by Crippen LogP contribution is -2.05. The highest BCUT2D eigenvalue weighted by Gasteiger charge is 2.30. The molecule has 144 valence electrons. The number of nitrogens with zero attached hydrogens (tertiary/aromatic N) is 3. The summed E-state index contributed by atoms with van der Waals surface area (Å²) in [6, 6.07) is 9.22. The number of pyridine rings is 1. The van der Waals surface area contributed by atoms with Gasteiger partial charge in [0.05, 0.1) is 22.3 Å². The van der Waals surface area contributed by atoms with E-state index in [1.165, 1.54) is 36.5 Å². The van der Waals surface area contributed by atoms with E-state index in [4.69, 9.17) is 16.0 Å². The van der Waals surface area contributed by atoms with Crippen LogP contribution < -0.4 is 5.43 Å². The number of nitrogens with one attached hydrogen (secondary N) is 1. The third-order valence-corrected chi connectivity index (χ3v) is 3.75. The fraction of sp³-hybridized carbons (Fsp3) is 0.0588. The summed E-state index contributed by atoms with van der Waals surface area (Å²) in [7, 11) is 0. The van der Waals surface area contributed by atoms with Crippen molar-refractivity contribution in [3.63, 3.8) is 0 Å². The average Bonchev–Trinajstić information content (AvgIpc) is 3.10. The van der Waals surface area contributed by atoms with Gasteiger partial charge in [-0.2, -0.15) is 18.3 Å². The van der Waals surface area contributed by atoms with Crippen LogP contribution in [-0.4, -0.2) is 16.1 Å². The van der Waals surface area contributed by atoms with Crippen LogP contribution in [0.2, 0.25) is 5.02 Å². The molecule has 3 aromatic rings. The first kappa shape index (κ1) is 19.4. The topological polar surface area (TPSA) is 93.6 Å². The number of nitro groups is 1. The molecule has 0 aliphatic heterocycles. The third-order valence-electron chi connectivity index (χ3n) is 3.51. The molecule has 11 heteroatoms. The van der Waals surface area contributed by atoms with Gasteiger partial charge in [0.25, 0.3) is 5.69 Å². The van der Waals surface area contributed by atoms with Gasteiger partial charge in [-0.05, 0) is 36.4 Å². The summed E-state index contributed by atoms with van der Waals surface area (Å²) < 4.78 is 42.9. The Bertz CT molecular complexity index is 1030. The molecule has 0 amide bonds. The van der Waals surface area contributed by atoms with E-state index in [1.807, 2.05) is 0 Å². The van der Waals surface area contributed by atoms with E-state index >= 15 is 0 Å². The van der Waals surface area contributed by atoms with E-state index in [2.05, 4.69) is 15.5 Å². The van der Waals surface area contributed by atoms with Crippen molar-refractivity contribution in [3.05, 3.63) is 75.1 Å². The Hall–Kier alpha value is -3.40. The van der Waals surface area contributed by atoms with Crippen molar-refractivity contribution in [3.8, 4) is 11.3 Å². The Balaban J connectivity index is 1.72. The molecule has 0 radical (unpaired) electrons. The van der Waals surface area contributed by atoms with Gasteiger partial charge in [0.1, 0.15) is 17.3 Å². The predicted octanol–water partition coefficient (Wildman–Crippen LogP) is 5.37. The molecule has 0 saturated carbocycles. The van der Waals surface area contributed by atoms with Gasteiger partial charge in [0.2, 0.25) is 0 Å². The molecule has 3 rings (SSSR count). The van der Waals surface area contributed by atoms with Crippen molar-refractivity contribution in [2.45, 2.75) is 6.18 Å². The Labute approximate surface area is 160 Å². The summed E-state index contributed by atoms with van der Waals surface area (Å²) in [6.07, 6.45) is -2.53. The molecule has 2 aromatic heterocycles. The molecule has 1 N–H and O–H groups in total.